The smallest absolute Gasteiger partial charge is 0.247 e. The number of nitrogens with zero attached hydrogens (tertiary/aromatic N) is 2. The molecule has 0 aliphatic heterocycles. The van der Waals surface area contributed by atoms with Gasteiger partial charge in [0.15, 0.2) is 0 Å². The van der Waals surface area contributed by atoms with Gasteiger partial charge in [0, 0.05) is 18.0 Å². The van der Waals surface area contributed by atoms with Gasteiger partial charge in [0.1, 0.15) is 0 Å². The summed E-state index contributed by atoms with van der Waals surface area (Å²) in [5, 5.41) is 8.03. The molecule has 0 bridgehead atoms. The van der Waals surface area contributed by atoms with E-state index in [1.165, 1.54) is 11.1 Å². The summed E-state index contributed by atoms with van der Waals surface area (Å²) >= 11 is 0. The van der Waals surface area contributed by atoms with Crippen molar-refractivity contribution in [2.75, 3.05) is 0 Å². The molecule has 0 unspecified atom stereocenters. The van der Waals surface area contributed by atoms with Crippen molar-refractivity contribution in [1.82, 2.24) is 10.2 Å². The minimum absolute atomic E-state index is 0. The van der Waals surface area contributed by atoms with E-state index >= 15 is 0 Å². The molecule has 1 aliphatic rings. The summed E-state index contributed by atoms with van der Waals surface area (Å²) in [6.07, 6.45) is 2.84. The highest BCUT2D eigenvalue weighted by atomic mass is 35.5. The van der Waals surface area contributed by atoms with Crippen molar-refractivity contribution in [3.8, 4) is 11.5 Å². The van der Waals surface area contributed by atoms with Crippen LogP contribution in [-0.2, 0) is 12.8 Å². The topological polar surface area (TPSA) is 64.9 Å². The molecule has 0 spiro atoms. The lowest BCUT2D eigenvalue weighted by atomic mass is 10.1. The Morgan fingerprint density at radius 1 is 1.39 bits per heavy atom. The van der Waals surface area contributed by atoms with Gasteiger partial charge >= 0.3 is 0 Å². The molecular formula is C13H16ClN3O. The van der Waals surface area contributed by atoms with Crippen molar-refractivity contribution in [2.24, 2.45) is 5.73 Å². The van der Waals surface area contributed by atoms with Gasteiger partial charge in [-0.05, 0) is 36.1 Å². The van der Waals surface area contributed by atoms with Gasteiger partial charge in [0.2, 0.25) is 11.8 Å². The molecule has 2 N–H and O–H groups in total. The molecule has 1 aromatic heterocycles. The Balaban J connectivity index is 0.00000120. The second-order valence-electron chi connectivity index (χ2n) is 4.41. The van der Waals surface area contributed by atoms with Gasteiger partial charge in [0.05, 0.1) is 0 Å². The third kappa shape index (κ3) is 2.13. The fourth-order valence-corrected chi connectivity index (χ4v) is 2.30. The van der Waals surface area contributed by atoms with Gasteiger partial charge in [-0.25, -0.2) is 0 Å². The molecule has 0 amide bonds. The predicted molar refractivity (Wildman–Crippen MR) is 71.6 cm³/mol. The maximum Gasteiger partial charge on any atom is 0.247 e. The van der Waals surface area contributed by atoms with Crippen LogP contribution in [0.1, 0.15) is 36.4 Å². The minimum atomic E-state index is 0. The second kappa shape index (κ2) is 5.08. The first-order valence-electron chi connectivity index (χ1n) is 5.99. The fraction of sp³-hybridized carbons (Fsp3) is 0.385. The molecule has 0 fully saturated rings. The Bertz CT molecular complexity index is 553. The van der Waals surface area contributed by atoms with Gasteiger partial charge in [-0.2, -0.15) is 0 Å². The molecular weight excluding hydrogens is 250 g/mol. The zero-order valence-electron chi connectivity index (χ0n) is 10.2. The van der Waals surface area contributed by atoms with Gasteiger partial charge in [-0.3, -0.25) is 0 Å². The SMILES string of the molecule is CCc1nnc(-c2ccc3c(c2)CC[C@H]3N)o1.Cl. The first kappa shape index (κ1) is 13.1. The van der Waals surface area contributed by atoms with Crippen molar-refractivity contribution in [3.63, 3.8) is 0 Å². The van der Waals surface area contributed by atoms with Crippen LogP contribution in [-0.4, -0.2) is 10.2 Å². The molecule has 4 nitrogen and oxygen atoms in total. The summed E-state index contributed by atoms with van der Waals surface area (Å²) in [6.45, 7) is 2.00. The lowest BCUT2D eigenvalue weighted by Gasteiger charge is -2.04. The standard InChI is InChI=1S/C13H15N3O.ClH/c1-2-12-15-16-13(17-12)9-3-5-10-8(7-9)4-6-11(10)14;/h3,5,7,11H,2,4,6,14H2,1H3;1H/t11-;/m1./s1. The van der Waals surface area contributed by atoms with Crippen LogP contribution >= 0.6 is 12.4 Å². The summed E-state index contributed by atoms with van der Waals surface area (Å²) in [4.78, 5) is 0. The predicted octanol–water partition coefficient (Wildman–Crippen LogP) is 2.67. The first-order chi connectivity index (χ1) is 8.28. The quantitative estimate of drug-likeness (QED) is 0.907. The Labute approximate surface area is 112 Å². The van der Waals surface area contributed by atoms with E-state index in [2.05, 4.69) is 22.3 Å². The molecule has 1 aromatic carbocycles. The molecule has 3 rings (SSSR count). The van der Waals surface area contributed by atoms with E-state index in [0.29, 0.717) is 11.8 Å². The van der Waals surface area contributed by atoms with Crippen molar-refractivity contribution in [3.05, 3.63) is 35.2 Å². The number of fused-ring (bicyclic) bond motifs is 1. The number of nitrogens with two attached hydrogens (primary N) is 1. The van der Waals surface area contributed by atoms with Crippen LogP contribution in [0.4, 0.5) is 0 Å². The van der Waals surface area contributed by atoms with Gasteiger partial charge in [0.25, 0.3) is 0 Å². The van der Waals surface area contributed by atoms with Crippen LogP contribution < -0.4 is 5.73 Å². The van der Waals surface area contributed by atoms with E-state index in [1.807, 2.05) is 13.0 Å². The average molecular weight is 266 g/mol. The lowest BCUT2D eigenvalue weighted by molar-refractivity contribution is 0.513. The summed E-state index contributed by atoms with van der Waals surface area (Å²) in [6, 6.07) is 6.40. The zero-order valence-corrected chi connectivity index (χ0v) is 11.0. The highest BCUT2D eigenvalue weighted by Gasteiger charge is 2.20. The van der Waals surface area contributed by atoms with E-state index < -0.39 is 0 Å². The van der Waals surface area contributed by atoms with E-state index in [9.17, 15) is 0 Å². The summed E-state index contributed by atoms with van der Waals surface area (Å²) < 4.78 is 5.55. The molecule has 0 radical (unpaired) electrons. The van der Waals surface area contributed by atoms with Crippen molar-refractivity contribution < 1.29 is 4.42 Å². The normalized spacial score (nSPS) is 17.3. The van der Waals surface area contributed by atoms with E-state index in [-0.39, 0.29) is 18.4 Å². The summed E-state index contributed by atoms with van der Waals surface area (Å²) in [5.41, 5.74) is 9.57. The number of aromatic nitrogens is 2. The largest absolute Gasteiger partial charge is 0.421 e. The molecule has 2 aromatic rings. The molecule has 0 saturated carbocycles. The van der Waals surface area contributed by atoms with Crippen molar-refractivity contribution in [2.45, 2.75) is 32.2 Å². The molecule has 1 heterocycles. The van der Waals surface area contributed by atoms with Crippen LogP contribution in [0, 0.1) is 0 Å². The monoisotopic (exact) mass is 265 g/mol. The number of aryl methyl sites for hydroxylation is 2. The number of rotatable bonds is 2. The van der Waals surface area contributed by atoms with Gasteiger partial charge < -0.3 is 10.2 Å². The molecule has 96 valence electrons. The second-order valence-corrected chi connectivity index (χ2v) is 4.41. The first-order valence-corrected chi connectivity index (χ1v) is 5.99. The molecule has 0 saturated heterocycles. The van der Waals surface area contributed by atoms with Crippen LogP contribution in [0.5, 0.6) is 0 Å². The van der Waals surface area contributed by atoms with Crippen LogP contribution in [0.3, 0.4) is 0 Å². The van der Waals surface area contributed by atoms with E-state index in [1.54, 1.807) is 0 Å². The van der Waals surface area contributed by atoms with Crippen LogP contribution in [0.15, 0.2) is 22.6 Å². The number of halogens is 1. The minimum Gasteiger partial charge on any atom is -0.421 e. The Morgan fingerprint density at radius 3 is 2.94 bits per heavy atom. The van der Waals surface area contributed by atoms with E-state index in [4.69, 9.17) is 10.2 Å². The molecule has 1 aliphatic carbocycles. The third-order valence-electron chi connectivity index (χ3n) is 3.28. The van der Waals surface area contributed by atoms with Crippen molar-refractivity contribution in [1.29, 1.82) is 0 Å². The molecule has 1 atom stereocenters. The highest BCUT2D eigenvalue weighted by molar-refractivity contribution is 5.85. The summed E-state index contributed by atoms with van der Waals surface area (Å²) in [5.74, 6) is 1.28. The Hall–Kier alpha value is -1.39. The number of hydrogen-bond acceptors (Lipinski definition) is 4. The van der Waals surface area contributed by atoms with Gasteiger partial charge in [-0.15, -0.1) is 22.6 Å². The summed E-state index contributed by atoms with van der Waals surface area (Å²) in [7, 11) is 0. The molecule has 5 heteroatoms. The fourth-order valence-electron chi connectivity index (χ4n) is 2.30. The maximum absolute atomic E-state index is 6.01. The zero-order chi connectivity index (χ0) is 11.8. The number of hydrogen-bond donors (Lipinski definition) is 1. The molecule has 18 heavy (non-hydrogen) atoms. The van der Waals surface area contributed by atoms with Gasteiger partial charge in [-0.1, -0.05) is 13.0 Å². The maximum atomic E-state index is 6.01. The highest BCUT2D eigenvalue weighted by Crippen LogP contribution is 2.32. The van der Waals surface area contributed by atoms with Crippen LogP contribution in [0.2, 0.25) is 0 Å². The van der Waals surface area contributed by atoms with Crippen LogP contribution in [0.25, 0.3) is 11.5 Å². The van der Waals surface area contributed by atoms with Crippen molar-refractivity contribution >= 4 is 12.4 Å². The average Bonchev–Trinajstić information content (AvgIpc) is 2.96. The number of benzene rings is 1. The lowest BCUT2D eigenvalue weighted by Crippen LogP contribution is -2.04. The van der Waals surface area contributed by atoms with E-state index in [0.717, 1.165) is 24.8 Å². The Kier molecular flexibility index (Phi) is 3.68. The Morgan fingerprint density at radius 2 is 2.22 bits per heavy atom. The third-order valence-corrected chi connectivity index (χ3v) is 3.28.